The second-order valence-electron chi connectivity index (χ2n) is 4.20. The highest BCUT2D eigenvalue weighted by Gasteiger charge is 2.04. The van der Waals surface area contributed by atoms with Crippen LogP contribution in [0.15, 0.2) is 0 Å². The third kappa shape index (κ3) is 9.69. The van der Waals surface area contributed by atoms with Gasteiger partial charge in [-0.25, -0.2) is 0 Å². The third-order valence-electron chi connectivity index (χ3n) is 2.03. The van der Waals surface area contributed by atoms with Gasteiger partial charge in [0.1, 0.15) is 0 Å². The Morgan fingerprint density at radius 1 is 1.33 bits per heavy atom. The highest BCUT2D eigenvalue weighted by atomic mass is 16.2. The Hall–Kier alpha value is -0.610. The Morgan fingerprint density at radius 2 is 2.00 bits per heavy atom. The molecule has 4 nitrogen and oxygen atoms in total. The maximum absolute atomic E-state index is 11.3. The van der Waals surface area contributed by atoms with Crippen molar-refractivity contribution in [2.45, 2.75) is 33.2 Å². The van der Waals surface area contributed by atoms with Crippen molar-refractivity contribution in [2.75, 3.05) is 33.2 Å². The van der Waals surface area contributed by atoms with Crippen molar-refractivity contribution in [1.29, 1.82) is 0 Å². The van der Waals surface area contributed by atoms with Gasteiger partial charge < -0.3 is 10.6 Å². The Labute approximate surface area is 93.4 Å². The number of carbonyl (C=O) groups excluding carboxylic acids is 1. The van der Waals surface area contributed by atoms with E-state index in [0.717, 1.165) is 26.1 Å². The van der Waals surface area contributed by atoms with Crippen molar-refractivity contribution < 1.29 is 4.79 Å². The summed E-state index contributed by atoms with van der Waals surface area (Å²) in [5, 5.41) is 6.18. The molecular weight excluding hydrogens is 190 g/mol. The molecule has 0 saturated heterocycles. The molecule has 0 bridgehead atoms. The van der Waals surface area contributed by atoms with Gasteiger partial charge >= 0.3 is 0 Å². The van der Waals surface area contributed by atoms with E-state index in [1.54, 1.807) is 0 Å². The molecule has 4 heteroatoms. The van der Waals surface area contributed by atoms with Crippen molar-refractivity contribution in [3.63, 3.8) is 0 Å². The normalized spacial score (nSPS) is 11.1. The lowest BCUT2D eigenvalue weighted by atomic mass is 10.4. The van der Waals surface area contributed by atoms with Crippen LogP contribution in [0.4, 0.5) is 0 Å². The number of nitrogens with zero attached hydrogens (tertiary/aromatic N) is 1. The minimum atomic E-state index is 0.115. The van der Waals surface area contributed by atoms with Gasteiger partial charge in [0.05, 0.1) is 6.54 Å². The smallest absolute Gasteiger partial charge is 0.234 e. The van der Waals surface area contributed by atoms with Crippen molar-refractivity contribution in [1.82, 2.24) is 15.5 Å². The fourth-order valence-corrected chi connectivity index (χ4v) is 1.19. The summed E-state index contributed by atoms with van der Waals surface area (Å²) in [5.74, 6) is 0.115. The minimum Gasteiger partial charge on any atom is -0.355 e. The molecule has 0 aromatic carbocycles. The van der Waals surface area contributed by atoms with Crippen LogP contribution in [-0.4, -0.2) is 50.1 Å². The van der Waals surface area contributed by atoms with Gasteiger partial charge in [0.15, 0.2) is 0 Å². The topological polar surface area (TPSA) is 44.4 Å². The van der Waals surface area contributed by atoms with Crippen molar-refractivity contribution in [2.24, 2.45) is 0 Å². The average Bonchev–Trinajstić information content (AvgIpc) is 2.14. The first-order valence-corrected chi connectivity index (χ1v) is 5.74. The van der Waals surface area contributed by atoms with E-state index in [4.69, 9.17) is 0 Å². The molecule has 0 spiro atoms. The zero-order valence-electron chi connectivity index (χ0n) is 10.5. The molecule has 2 N–H and O–H groups in total. The van der Waals surface area contributed by atoms with E-state index in [-0.39, 0.29) is 5.91 Å². The number of hydrogen-bond acceptors (Lipinski definition) is 3. The first-order chi connectivity index (χ1) is 7.06. The van der Waals surface area contributed by atoms with Crippen LogP contribution in [0.2, 0.25) is 0 Å². The summed E-state index contributed by atoms with van der Waals surface area (Å²) in [6, 6.07) is 0.507. The second-order valence-corrected chi connectivity index (χ2v) is 4.20. The van der Waals surface area contributed by atoms with Crippen molar-refractivity contribution >= 4 is 5.91 Å². The van der Waals surface area contributed by atoms with Crippen molar-refractivity contribution in [3.05, 3.63) is 0 Å². The second kappa shape index (κ2) is 8.68. The van der Waals surface area contributed by atoms with E-state index < -0.39 is 0 Å². The molecule has 0 aliphatic heterocycles. The molecule has 0 atom stereocenters. The van der Waals surface area contributed by atoms with Gasteiger partial charge in [-0.05, 0) is 13.5 Å². The van der Waals surface area contributed by atoms with Crippen LogP contribution in [-0.2, 0) is 4.79 Å². The lowest BCUT2D eigenvalue weighted by Crippen LogP contribution is -2.39. The average molecular weight is 215 g/mol. The monoisotopic (exact) mass is 215 g/mol. The summed E-state index contributed by atoms with van der Waals surface area (Å²) in [4.78, 5) is 13.4. The number of rotatable bonds is 8. The third-order valence-corrected chi connectivity index (χ3v) is 2.03. The summed E-state index contributed by atoms with van der Waals surface area (Å²) in [6.45, 7) is 9.38. The van der Waals surface area contributed by atoms with Crippen LogP contribution in [0.5, 0.6) is 0 Å². The first kappa shape index (κ1) is 14.4. The van der Waals surface area contributed by atoms with E-state index >= 15 is 0 Å². The predicted molar refractivity (Wildman–Crippen MR) is 63.9 cm³/mol. The molecule has 0 unspecified atom stereocenters. The Bertz CT molecular complexity index is 171. The molecule has 0 aliphatic carbocycles. The lowest BCUT2D eigenvalue weighted by Gasteiger charge is -2.17. The van der Waals surface area contributed by atoms with Gasteiger partial charge in [0.25, 0.3) is 0 Å². The highest BCUT2D eigenvalue weighted by Crippen LogP contribution is 1.83. The first-order valence-electron chi connectivity index (χ1n) is 5.74. The SMILES string of the molecule is CCCNC(=O)CN(C)CCNC(C)C. The van der Waals surface area contributed by atoms with Crippen LogP contribution in [0, 0.1) is 0 Å². The molecule has 0 aromatic heterocycles. The Kier molecular flexibility index (Phi) is 8.33. The van der Waals surface area contributed by atoms with Gasteiger partial charge in [-0.15, -0.1) is 0 Å². The highest BCUT2D eigenvalue weighted by molar-refractivity contribution is 5.77. The molecule has 0 rings (SSSR count). The summed E-state index contributed by atoms with van der Waals surface area (Å²) in [6.07, 6.45) is 0.990. The summed E-state index contributed by atoms with van der Waals surface area (Å²) in [5.41, 5.74) is 0. The molecule has 1 amide bonds. The standard InChI is InChI=1S/C11H25N3O/c1-5-6-13-11(15)9-14(4)8-7-12-10(2)3/h10,12H,5-9H2,1-4H3,(H,13,15). The summed E-state index contributed by atoms with van der Waals surface area (Å²) < 4.78 is 0. The molecule has 0 fully saturated rings. The summed E-state index contributed by atoms with van der Waals surface area (Å²) in [7, 11) is 1.97. The molecule has 0 aliphatic rings. The van der Waals surface area contributed by atoms with Crippen LogP contribution >= 0.6 is 0 Å². The van der Waals surface area contributed by atoms with E-state index in [1.807, 2.05) is 11.9 Å². The van der Waals surface area contributed by atoms with Crippen LogP contribution in [0.1, 0.15) is 27.2 Å². The van der Waals surface area contributed by atoms with Gasteiger partial charge in [-0.1, -0.05) is 20.8 Å². The molecule has 90 valence electrons. The fraction of sp³-hybridized carbons (Fsp3) is 0.909. The zero-order valence-corrected chi connectivity index (χ0v) is 10.5. The van der Waals surface area contributed by atoms with Gasteiger partial charge in [0.2, 0.25) is 5.91 Å². The molecule has 0 heterocycles. The Balaban J connectivity index is 3.46. The van der Waals surface area contributed by atoms with E-state index in [2.05, 4.69) is 31.4 Å². The molecule has 0 aromatic rings. The molecule has 15 heavy (non-hydrogen) atoms. The molecule has 0 saturated carbocycles. The van der Waals surface area contributed by atoms with Crippen LogP contribution in [0.3, 0.4) is 0 Å². The largest absolute Gasteiger partial charge is 0.355 e. The quantitative estimate of drug-likeness (QED) is 0.617. The summed E-state index contributed by atoms with van der Waals surface area (Å²) >= 11 is 0. The lowest BCUT2D eigenvalue weighted by molar-refractivity contribution is -0.121. The van der Waals surface area contributed by atoms with E-state index in [1.165, 1.54) is 0 Å². The van der Waals surface area contributed by atoms with E-state index in [9.17, 15) is 4.79 Å². The minimum absolute atomic E-state index is 0.115. The maximum Gasteiger partial charge on any atom is 0.234 e. The number of nitrogens with one attached hydrogen (secondary N) is 2. The van der Waals surface area contributed by atoms with E-state index in [0.29, 0.717) is 12.6 Å². The Morgan fingerprint density at radius 3 is 2.53 bits per heavy atom. The zero-order chi connectivity index (χ0) is 11.7. The van der Waals surface area contributed by atoms with Gasteiger partial charge in [-0.3, -0.25) is 9.69 Å². The number of likely N-dealkylation sites (N-methyl/N-ethyl adjacent to an activating group) is 1. The fourth-order valence-electron chi connectivity index (χ4n) is 1.19. The molecular formula is C11H25N3O. The number of hydrogen-bond donors (Lipinski definition) is 2. The van der Waals surface area contributed by atoms with Crippen LogP contribution < -0.4 is 10.6 Å². The predicted octanol–water partition coefficient (Wildman–Crippen LogP) is 0.442. The van der Waals surface area contributed by atoms with Gasteiger partial charge in [-0.2, -0.15) is 0 Å². The number of carbonyl (C=O) groups is 1. The number of amides is 1. The maximum atomic E-state index is 11.3. The van der Waals surface area contributed by atoms with Crippen molar-refractivity contribution in [3.8, 4) is 0 Å². The molecule has 0 radical (unpaired) electrons. The van der Waals surface area contributed by atoms with Gasteiger partial charge in [0, 0.05) is 25.7 Å². The van der Waals surface area contributed by atoms with Crippen LogP contribution in [0.25, 0.3) is 0 Å².